The van der Waals surface area contributed by atoms with Crippen LogP contribution in [0.2, 0.25) is 0 Å². The normalized spacial score (nSPS) is 16.6. The number of nitrogen functional groups attached to an aromatic ring is 1. The van der Waals surface area contributed by atoms with Crippen molar-refractivity contribution in [3.63, 3.8) is 0 Å². The van der Waals surface area contributed by atoms with Gasteiger partial charge in [0.1, 0.15) is 4.88 Å². The number of carbonyl (C=O) groups is 1. The number of hydrogen-bond acceptors (Lipinski definition) is 4. The Bertz CT molecular complexity index is 412. The third-order valence-corrected chi connectivity index (χ3v) is 3.96. The molecule has 1 aliphatic carbocycles. The van der Waals surface area contributed by atoms with Crippen molar-refractivity contribution in [2.24, 2.45) is 0 Å². The fourth-order valence-electron chi connectivity index (χ4n) is 1.48. The molecule has 0 aromatic carbocycles. The van der Waals surface area contributed by atoms with Gasteiger partial charge in [0.25, 0.3) is 5.91 Å². The summed E-state index contributed by atoms with van der Waals surface area (Å²) >= 11 is 1.43. The van der Waals surface area contributed by atoms with Crippen LogP contribution in [0.3, 0.4) is 0 Å². The van der Waals surface area contributed by atoms with Crippen LogP contribution in [0.4, 0.5) is 10.7 Å². The Balaban J connectivity index is 2.03. The number of thiophene rings is 1. The summed E-state index contributed by atoms with van der Waals surface area (Å²) in [5.41, 5.74) is 6.43. The summed E-state index contributed by atoms with van der Waals surface area (Å²) < 4.78 is 0. The van der Waals surface area contributed by atoms with E-state index in [1.165, 1.54) is 11.3 Å². The van der Waals surface area contributed by atoms with Gasteiger partial charge in [-0.15, -0.1) is 11.3 Å². The van der Waals surface area contributed by atoms with Crippen LogP contribution in [0.1, 0.15) is 42.8 Å². The molecule has 1 amide bonds. The summed E-state index contributed by atoms with van der Waals surface area (Å²) in [6.45, 7) is 4.23. The minimum atomic E-state index is -0.0350. The van der Waals surface area contributed by atoms with Crippen molar-refractivity contribution in [2.75, 3.05) is 11.1 Å². The van der Waals surface area contributed by atoms with Gasteiger partial charge in [-0.1, -0.05) is 6.92 Å². The van der Waals surface area contributed by atoms with E-state index in [0.29, 0.717) is 22.6 Å². The van der Waals surface area contributed by atoms with E-state index in [0.717, 1.165) is 24.3 Å². The number of nitrogens with one attached hydrogen (secondary N) is 2. The van der Waals surface area contributed by atoms with Crippen LogP contribution in [0.25, 0.3) is 0 Å². The summed E-state index contributed by atoms with van der Waals surface area (Å²) in [7, 11) is 0. The number of rotatable bonds is 5. The molecule has 0 spiro atoms. The summed E-state index contributed by atoms with van der Waals surface area (Å²) in [4.78, 5) is 12.5. The van der Waals surface area contributed by atoms with Crippen LogP contribution in [0.5, 0.6) is 0 Å². The lowest BCUT2D eigenvalue weighted by Crippen LogP contribution is -2.25. The topological polar surface area (TPSA) is 67.1 Å². The van der Waals surface area contributed by atoms with E-state index in [9.17, 15) is 4.79 Å². The van der Waals surface area contributed by atoms with Gasteiger partial charge in [-0.2, -0.15) is 0 Å². The van der Waals surface area contributed by atoms with Crippen LogP contribution < -0.4 is 16.4 Å². The van der Waals surface area contributed by atoms with Gasteiger partial charge in [0.05, 0.1) is 10.7 Å². The summed E-state index contributed by atoms with van der Waals surface area (Å²) in [5, 5.41) is 7.26. The quantitative estimate of drug-likeness (QED) is 0.755. The van der Waals surface area contributed by atoms with Crippen molar-refractivity contribution in [1.82, 2.24) is 5.32 Å². The van der Waals surface area contributed by atoms with Crippen molar-refractivity contribution in [3.05, 3.63) is 10.9 Å². The molecule has 4 nitrogen and oxygen atoms in total. The predicted molar refractivity (Wildman–Crippen MR) is 72.6 cm³/mol. The molecule has 0 aliphatic heterocycles. The van der Waals surface area contributed by atoms with Gasteiger partial charge in [-0.25, -0.2) is 0 Å². The Morgan fingerprint density at radius 1 is 1.65 bits per heavy atom. The highest BCUT2D eigenvalue weighted by atomic mass is 32.1. The highest BCUT2D eigenvalue weighted by Crippen LogP contribution is 2.30. The number of hydrogen-bond donors (Lipinski definition) is 3. The monoisotopic (exact) mass is 253 g/mol. The predicted octanol–water partition coefficient (Wildman–Crippen LogP) is 2.43. The van der Waals surface area contributed by atoms with Gasteiger partial charge in [-0.3, -0.25) is 4.79 Å². The zero-order valence-corrected chi connectivity index (χ0v) is 11.1. The maximum Gasteiger partial charge on any atom is 0.263 e. The molecule has 1 aromatic rings. The standard InChI is InChI=1S/C12H19N3OS/c1-3-7(2)14-10-6-9(13)11(17-10)12(16)15-8-4-5-8/h6-8,14H,3-5,13H2,1-2H3,(H,15,16). The first-order chi connectivity index (χ1) is 8.10. The molecule has 0 radical (unpaired) electrons. The summed E-state index contributed by atoms with van der Waals surface area (Å²) in [6, 6.07) is 2.61. The first kappa shape index (κ1) is 12.2. The number of anilines is 2. The van der Waals surface area contributed by atoms with Gasteiger partial charge < -0.3 is 16.4 Å². The average molecular weight is 253 g/mol. The van der Waals surface area contributed by atoms with Crippen molar-refractivity contribution in [2.45, 2.75) is 45.2 Å². The first-order valence-electron chi connectivity index (χ1n) is 6.06. The van der Waals surface area contributed by atoms with Gasteiger partial charge in [0, 0.05) is 12.1 Å². The number of amides is 1. The van der Waals surface area contributed by atoms with E-state index in [1.54, 1.807) is 0 Å². The fourth-order valence-corrected chi connectivity index (χ4v) is 2.47. The van der Waals surface area contributed by atoms with E-state index in [-0.39, 0.29) is 5.91 Å². The third-order valence-electron chi connectivity index (χ3n) is 2.88. The fraction of sp³-hybridized carbons (Fsp3) is 0.583. The molecule has 1 aliphatic rings. The van der Waals surface area contributed by atoms with Crippen LogP contribution in [0, 0.1) is 0 Å². The highest BCUT2D eigenvalue weighted by Gasteiger charge is 2.25. The highest BCUT2D eigenvalue weighted by molar-refractivity contribution is 7.18. The molecule has 1 saturated carbocycles. The third kappa shape index (κ3) is 3.12. The summed E-state index contributed by atoms with van der Waals surface area (Å²) in [6.07, 6.45) is 3.23. The maximum atomic E-state index is 11.9. The molecule has 1 heterocycles. The van der Waals surface area contributed by atoms with Gasteiger partial charge in [-0.05, 0) is 32.3 Å². The Hall–Kier alpha value is -1.23. The van der Waals surface area contributed by atoms with E-state index >= 15 is 0 Å². The molecule has 17 heavy (non-hydrogen) atoms. The maximum absolute atomic E-state index is 11.9. The molecule has 4 N–H and O–H groups in total. The van der Waals surface area contributed by atoms with Crippen LogP contribution in [-0.2, 0) is 0 Å². The molecule has 2 rings (SSSR count). The molecular weight excluding hydrogens is 234 g/mol. The van der Waals surface area contributed by atoms with Crippen LogP contribution in [-0.4, -0.2) is 18.0 Å². The zero-order valence-electron chi connectivity index (χ0n) is 10.2. The van der Waals surface area contributed by atoms with E-state index < -0.39 is 0 Å². The van der Waals surface area contributed by atoms with Crippen molar-refractivity contribution >= 4 is 27.9 Å². The van der Waals surface area contributed by atoms with Gasteiger partial charge in [0.15, 0.2) is 0 Å². The molecule has 1 unspecified atom stereocenters. The lowest BCUT2D eigenvalue weighted by atomic mass is 10.3. The molecule has 0 bridgehead atoms. The van der Waals surface area contributed by atoms with E-state index in [2.05, 4.69) is 24.5 Å². The Kier molecular flexibility index (Phi) is 3.57. The lowest BCUT2D eigenvalue weighted by molar-refractivity contribution is 0.0956. The first-order valence-corrected chi connectivity index (χ1v) is 6.88. The largest absolute Gasteiger partial charge is 0.397 e. The minimum Gasteiger partial charge on any atom is -0.397 e. The molecule has 5 heteroatoms. The SMILES string of the molecule is CCC(C)Nc1cc(N)c(C(=O)NC2CC2)s1. The van der Waals surface area contributed by atoms with Gasteiger partial charge >= 0.3 is 0 Å². The Morgan fingerprint density at radius 3 is 2.94 bits per heavy atom. The number of carbonyl (C=O) groups excluding carboxylic acids is 1. The molecule has 1 aromatic heterocycles. The second-order valence-electron chi connectivity index (χ2n) is 4.60. The van der Waals surface area contributed by atoms with Crippen molar-refractivity contribution in [1.29, 1.82) is 0 Å². The second kappa shape index (κ2) is 4.96. The van der Waals surface area contributed by atoms with E-state index in [4.69, 9.17) is 5.73 Å². The van der Waals surface area contributed by atoms with Crippen molar-refractivity contribution < 1.29 is 4.79 Å². The van der Waals surface area contributed by atoms with E-state index in [1.807, 2.05) is 6.07 Å². The number of nitrogens with two attached hydrogens (primary N) is 1. The summed E-state index contributed by atoms with van der Waals surface area (Å²) in [5.74, 6) is -0.0350. The molecule has 1 atom stereocenters. The minimum absolute atomic E-state index is 0.0350. The average Bonchev–Trinajstić information content (AvgIpc) is 3.01. The zero-order chi connectivity index (χ0) is 12.4. The Morgan fingerprint density at radius 2 is 2.35 bits per heavy atom. The van der Waals surface area contributed by atoms with Crippen LogP contribution in [0.15, 0.2) is 6.07 Å². The second-order valence-corrected chi connectivity index (χ2v) is 5.65. The smallest absolute Gasteiger partial charge is 0.263 e. The lowest BCUT2D eigenvalue weighted by Gasteiger charge is -2.09. The van der Waals surface area contributed by atoms with Crippen molar-refractivity contribution in [3.8, 4) is 0 Å². The Labute approximate surface area is 106 Å². The molecule has 94 valence electrons. The van der Waals surface area contributed by atoms with Crippen LogP contribution >= 0.6 is 11.3 Å². The molecular formula is C12H19N3OS. The molecule has 0 saturated heterocycles. The van der Waals surface area contributed by atoms with Gasteiger partial charge in [0.2, 0.25) is 0 Å². The molecule has 1 fully saturated rings.